The van der Waals surface area contributed by atoms with Crippen molar-refractivity contribution in [3.63, 3.8) is 0 Å². The molecule has 12 heteroatoms. The number of carbonyl (C=O) groups is 2. The zero-order valence-corrected chi connectivity index (χ0v) is 18.9. The van der Waals surface area contributed by atoms with E-state index >= 15 is 0 Å². The molecule has 2 amide bonds. The van der Waals surface area contributed by atoms with Crippen LogP contribution in [0.15, 0.2) is 30.6 Å². The molecule has 0 radical (unpaired) electrons. The van der Waals surface area contributed by atoms with E-state index in [-0.39, 0.29) is 23.8 Å². The quantitative estimate of drug-likeness (QED) is 0.390. The molecule has 12 nitrogen and oxygen atoms in total. The van der Waals surface area contributed by atoms with E-state index in [0.717, 1.165) is 0 Å². The van der Waals surface area contributed by atoms with Crippen molar-refractivity contribution < 1.29 is 19.1 Å². The molecular formula is C21H26N8O4. The van der Waals surface area contributed by atoms with Gasteiger partial charge in [0.25, 0.3) is 5.91 Å². The first-order chi connectivity index (χ1) is 16.0. The number of methoxy groups -OCH3 is 1. The summed E-state index contributed by atoms with van der Waals surface area (Å²) in [5.41, 5.74) is 1.59. The highest BCUT2D eigenvalue weighted by atomic mass is 16.5. The van der Waals surface area contributed by atoms with Crippen LogP contribution in [0.4, 0.5) is 17.2 Å². The van der Waals surface area contributed by atoms with Crippen LogP contribution >= 0.6 is 0 Å². The fraction of sp³-hybridized carbons (Fsp3) is 0.333. The zero-order valence-electron chi connectivity index (χ0n) is 18.9. The van der Waals surface area contributed by atoms with Gasteiger partial charge in [0.2, 0.25) is 5.91 Å². The van der Waals surface area contributed by atoms with E-state index in [1.807, 2.05) is 13.0 Å². The molecule has 0 aliphatic carbocycles. The third kappa shape index (κ3) is 5.80. The number of rotatable bonds is 10. The second-order valence-electron chi connectivity index (χ2n) is 6.82. The van der Waals surface area contributed by atoms with Crippen molar-refractivity contribution >= 4 is 29.0 Å². The van der Waals surface area contributed by atoms with Gasteiger partial charge in [0.15, 0.2) is 23.1 Å². The topological polar surface area (TPSA) is 145 Å². The van der Waals surface area contributed by atoms with Gasteiger partial charge in [0.1, 0.15) is 6.33 Å². The maximum Gasteiger partial charge on any atom is 0.273 e. The van der Waals surface area contributed by atoms with Crippen molar-refractivity contribution in [1.29, 1.82) is 0 Å². The second kappa shape index (κ2) is 11.0. The minimum atomic E-state index is -0.444. The molecule has 0 saturated heterocycles. The molecule has 0 aliphatic heterocycles. The van der Waals surface area contributed by atoms with Gasteiger partial charge in [-0.15, -0.1) is 10.2 Å². The number of aromatic nitrogens is 5. The van der Waals surface area contributed by atoms with Gasteiger partial charge in [-0.2, -0.15) is 5.10 Å². The summed E-state index contributed by atoms with van der Waals surface area (Å²) < 4.78 is 12.4. The molecule has 0 fully saturated rings. The SMILES string of the molecule is CCOCCC(=O)Nc1cc(Nc2cccc(-c3ncn(C)n3)c2OC)c(C(=O)NC)nn1. The number of hydrogen-bond acceptors (Lipinski definition) is 9. The van der Waals surface area contributed by atoms with Crippen molar-refractivity contribution in [2.24, 2.45) is 7.05 Å². The first-order valence-electron chi connectivity index (χ1n) is 10.2. The lowest BCUT2D eigenvalue weighted by Gasteiger charge is -2.16. The highest BCUT2D eigenvalue weighted by Gasteiger charge is 2.19. The number of nitrogens with one attached hydrogen (secondary N) is 3. The number of aryl methyl sites for hydroxylation is 1. The summed E-state index contributed by atoms with van der Waals surface area (Å²) in [6.07, 6.45) is 1.76. The van der Waals surface area contributed by atoms with Crippen molar-refractivity contribution in [3.8, 4) is 17.1 Å². The van der Waals surface area contributed by atoms with Gasteiger partial charge >= 0.3 is 0 Å². The third-order valence-corrected chi connectivity index (χ3v) is 4.51. The zero-order chi connectivity index (χ0) is 23.8. The van der Waals surface area contributed by atoms with Gasteiger partial charge in [-0.05, 0) is 19.1 Å². The summed E-state index contributed by atoms with van der Waals surface area (Å²) in [4.78, 5) is 28.8. The Kier molecular flexibility index (Phi) is 7.86. The number of nitrogens with zero attached hydrogens (tertiary/aromatic N) is 5. The Bertz CT molecular complexity index is 1130. The maximum atomic E-state index is 12.4. The minimum Gasteiger partial charge on any atom is -0.494 e. The van der Waals surface area contributed by atoms with Gasteiger partial charge < -0.3 is 25.4 Å². The van der Waals surface area contributed by atoms with Gasteiger partial charge in [0, 0.05) is 26.8 Å². The Morgan fingerprint density at radius 3 is 2.67 bits per heavy atom. The monoisotopic (exact) mass is 454 g/mol. The van der Waals surface area contributed by atoms with Crippen LogP contribution in [0.3, 0.4) is 0 Å². The summed E-state index contributed by atoms with van der Waals surface area (Å²) in [7, 11) is 4.79. The Morgan fingerprint density at radius 2 is 2.00 bits per heavy atom. The largest absolute Gasteiger partial charge is 0.494 e. The number of para-hydroxylation sites is 1. The van der Waals surface area contributed by atoms with Crippen LogP contribution in [0.2, 0.25) is 0 Å². The number of carbonyl (C=O) groups excluding carboxylic acids is 2. The molecule has 0 aliphatic rings. The van der Waals surface area contributed by atoms with Crippen LogP contribution in [-0.4, -0.2) is 64.1 Å². The van der Waals surface area contributed by atoms with Gasteiger partial charge in [-0.25, -0.2) is 4.98 Å². The molecule has 3 aromatic rings. The number of ether oxygens (including phenoxy) is 2. The number of hydrogen-bond donors (Lipinski definition) is 3. The van der Waals surface area contributed by atoms with Crippen LogP contribution < -0.4 is 20.7 Å². The molecule has 2 aromatic heterocycles. The summed E-state index contributed by atoms with van der Waals surface area (Å²) in [5, 5.41) is 20.6. The van der Waals surface area contributed by atoms with Crippen LogP contribution in [0.5, 0.6) is 5.75 Å². The lowest BCUT2D eigenvalue weighted by molar-refractivity contribution is -0.117. The number of amides is 2. The molecule has 0 spiro atoms. The highest BCUT2D eigenvalue weighted by Crippen LogP contribution is 2.37. The van der Waals surface area contributed by atoms with E-state index in [1.54, 1.807) is 30.2 Å². The van der Waals surface area contributed by atoms with Gasteiger partial charge in [-0.1, -0.05) is 6.07 Å². The van der Waals surface area contributed by atoms with E-state index in [1.165, 1.54) is 20.2 Å². The standard InChI is InChI=1S/C21H26N8O4/c1-5-33-10-9-17(30)25-16-11-15(18(27-26-16)21(31)22-2)24-14-8-6-7-13(19(14)32-4)20-23-12-29(3)28-20/h6-8,11-12H,5,9-10H2,1-4H3,(H,22,31)(H2,24,25,26,30). The van der Waals surface area contributed by atoms with Gasteiger partial charge in [-0.3, -0.25) is 14.3 Å². The molecule has 3 N–H and O–H groups in total. The van der Waals surface area contributed by atoms with Crippen molar-refractivity contribution in [3.05, 3.63) is 36.3 Å². The van der Waals surface area contributed by atoms with Crippen LogP contribution in [0, 0.1) is 0 Å². The average Bonchev–Trinajstić information content (AvgIpc) is 3.25. The lowest BCUT2D eigenvalue weighted by atomic mass is 10.1. The summed E-state index contributed by atoms with van der Waals surface area (Å²) >= 11 is 0. The smallest absolute Gasteiger partial charge is 0.273 e. The van der Waals surface area contributed by atoms with E-state index < -0.39 is 5.91 Å². The molecule has 0 atom stereocenters. The first kappa shape index (κ1) is 23.6. The molecule has 33 heavy (non-hydrogen) atoms. The lowest BCUT2D eigenvalue weighted by Crippen LogP contribution is -2.22. The Hall–Kier alpha value is -4.06. The predicted octanol–water partition coefficient (Wildman–Crippen LogP) is 1.75. The minimum absolute atomic E-state index is 0.0493. The molecule has 0 saturated carbocycles. The van der Waals surface area contributed by atoms with Crippen molar-refractivity contribution in [2.75, 3.05) is 38.0 Å². The normalized spacial score (nSPS) is 10.5. The van der Waals surface area contributed by atoms with Crippen molar-refractivity contribution in [1.82, 2.24) is 30.3 Å². The molecule has 0 unspecified atom stereocenters. The molecular weight excluding hydrogens is 428 g/mol. The highest BCUT2D eigenvalue weighted by molar-refractivity contribution is 5.99. The Labute approximate surface area is 190 Å². The summed E-state index contributed by atoms with van der Waals surface area (Å²) in [6, 6.07) is 6.94. The van der Waals surface area contributed by atoms with Gasteiger partial charge in [0.05, 0.1) is 37.1 Å². The van der Waals surface area contributed by atoms with Crippen molar-refractivity contribution in [2.45, 2.75) is 13.3 Å². The maximum absolute atomic E-state index is 12.4. The third-order valence-electron chi connectivity index (χ3n) is 4.51. The summed E-state index contributed by atoms with van der Waals surface area (Å²) in [6.45, 7) is 2.67. The van der Waals surface area contributed by atoms with E-state index in [0.29, 0.717) is 41.7 Å². The number of anilines is 3. The molecule has 2 heterocycles. The second-order valence-corrected chi connectivity index (χ2v) is 6.82. The summed E-state index contributed by atoms with van der Waals surface area (Å²) in [5.74, 6) is 0.427. The average molecular weight is 454 g/mol. The fourth-order valence-corrected chi connectivity index (χ4v) is 2.99. The Balaban J connectivity index is 1.94. The molecule has 3 rings (SSSR count). The van der Waals surface area contributed by atoms with Crippen LogP contribution in [-0.2, 0) is 16.6 Å². The molecule has 0 bridgehead atoms. The van der Waals surface area contributed by atoms with E-state index in [4.69, 9.17) is 9.47 Å². The van der Waals surface area contributed by atoms with Crippen LogP contribution in [0.25, 0.3) is 11.4 Å². The molecule has 1 aromatic carbocycles. The predicted molar refractivity (Wildman–Crippen MR) is 121 cm³/mol. The van der Waals surface area contributed by atoms with E-state index in [9.17, 15) is 9.59 Å². The van der Waals surface area contributed by atoms with Crippen LogP contribution in [0.1, 0.15) is 23.8 Å². The number of benzene rings is 1. The first-order valence-corrected chi connectivity index (χ1v) is 10.2. The fourth-order valence-electron chi connectivity index (χ4n) is 2.99. The molecule has 174 valence electrons. The Morgan fingerprint density at radius 1 is 1.18 bits per heavy atom. The van der Waals surface area contributed by atoms with E-state index in [2.05, 4.69) is 36.2 Å².